The average molecular weight is 397 g/mol. The number of carbonyl (C=O) groups excluding carboxylic acids is 1. The van der Waals surface area contributed by atoms with E-state index in [0.717, 1.165) is 0 Å². The first-order valence-corrected chi connectivity index (χ1v) is 9.75. The molecule has 3 rings (SSSR count). The fourth-order valence-electron chi connectivity index (χ4n) is 2.71. The van der Waals surface area contributed by atoms with Gasteiger partial charge in [0.15, 0.2) is 0 Å². The van der Waals surface area contributed by atoms with Crippen molar-refractivity contribution in [3.8, 4) is 11.5 Å². The summed E-state index contributed by atoms with van der Waals surface area (Å²) in [5.41, 5.74) is 0.725. The molecule has 0 saturated carbocycles. The van der Waals surface area contributed by atoms with Crippen LogP contribution in [0.2, 0.25) is 0 Å². The van der Waals surface area contributed by atoms with Crippen LogP contribution in [-0.4, -0.2) is 40.2 Å². The number of para-hydroxylation sites is 1. The Morgan fingerprint density at radius 1 is 1.00 bits per heavy atom. The Hall–Kier alpha value is -3.19. The number of carboxylic acid groups (broad SMARTS) is 1. The highest BCUT2D eigenvalue weighted by molar-refractivity contribution is 7.99. The first kappa shape index (κ1) is 19.6. The van der Waals surface area contributed by atoms with Crippen molar-refractivity contribution in [2.24, 2.45) is 0 Å². The number of hydrogen-bond acceptors (Lipinski definition) is 5. The van der Waals surface area contributed by atoms with Gasteiger partial charge in [0.05, 0.1) is 17.9 Å². The van der Waals surface area contributed by atoms with Crippen molar-refractivity contribution in [2.75, 3.05) is 23.4 Å². The Balaban J connectivity index is 1.85. The molecular weight excluding hydrogens is 378 g/mol. The maximum absolute atomic E-state index is 12.7. The number of benzene rings is 3. The summed E-state index contributed by atoms with van der Waals surface area (Å²) in [5.74, 6) is -0.476. The molecule has 0 radical (unpaired) electrons. The van der Waals surface area contributed by atoms with Crippen LogP contribution in [0.3, 0.4) is 0 Å². The summed E-state index contributed by atoms with van der Waals surface area (Å²) in [7, 11) is 0. The van der Waals surface area contributed by atoms with Crippen LogP contribution >= 0.6 is 11.8 Å². The Morgan fingerprint density at radius 3 is 2.39 bits per heavy atom. The topological polar surface area (TPSA) is 95.9 Å². The zero-order valence-corrected chi connectivity index (χ0v) is 15.7. The second kappa shape index (κ2) is 9.14. The molecule has 1 amide bonds. The van der Waals surface area contributed by atoms with Crippen LogP contribution in [0.4, 0.5) is 5.69 Å². The summed E-state index contributed by atoms with van der Waals surface area (Å²) in [6, 6.07) is 17.6. The lowest BCUT2D eigenvalue weighted by molar-refractivity contribution is -0.133. The smallest absolute Gasteiger partial charge is 0.313 e. The SMILES string of the molecule is O=C(O)CSCCOc1cc(C(=O)Nc2ccccc2)c(O)c2ccccc12. The van der Waals surface area contributed by atoms with Gasteiger partial charge in [-0.05, 0) is 18.2 Å². The molecule has 0 heterocycles. The summed E-state index contributed by atoms with van der Waals surface area (Å²) < 4.78 is 5.79. The van der Waals surface area contributed by atoms with Gasteiger partial charge in [0.2, 0.25) is 0 Å². The van der Waals surface area contributed by atoms with E-state index in [1.165, 1.54) is 17.8 Å². The van der Waals surface area contributed by atoms with Gasteiger partial charge in [0.25, 0.3) is 5.91 Å². The van der Waals surface area contributed by atoms with Gasteiger partial charge in [-0.2, -0.15) is 0 Å². The predicted octanol–water partition coefficient (Wildman–Crippen LogP) is 3.99. The second-order valence-electron chi connectivity index (χ2n) is 5.93. The van der Waals surface area contributed by atoms with E-state index in [9.17, 15) is 14.7 Å². The Morgan fingerprint density at radius 2 is 1.68 bits per heavy atom. The summed E-state index contributed by atoms with van der Waals surface area (Å²) in [4.78, 5) is 23.3. The van der Waals surface area contributed by atoms with E-state index in [1.54, 1.807) is 42.5 Å². The van der Waals surface area contributed by atoms with Crippen LogP contribution in [0.25, 0.3) is 10.8 Å². The predicted molar refractivity (Wildman–Crippen MR) is 110 cm³/mol. The number of phenolic OH excluding ortho intramolecular Hbond substituents is 1. The van der Waals surface area contributed by atoms with E-state index in [-0.39, 0.29) is 23.7 Å². The largest absolute Gasteiger partial charge is 0.506 e. The van der Waals surface area contributed by atoms with Crippen LogP contribution in [0.15, 0.2) is 60.7 Å². The molecule has 0 fully saturated rings. The van der Waals surface area contributed by atoms with Crippen molar-refractivity contribution in [2.45, 2.75) is 0 Å². The zero-order valence-electron chi connectivity index (χ0n) is 14.9. The maximum atomic E-state index is 12.7. The minimum Gasteiger partial charge on any atom is -0.506 e. The van der Waals surface area contributed by atoms with E-state index in [4.69, 9.17) is 9.84 Å². The molecule has 7 heteroatoms. The van der Waals surface area contributed by atoms with Crippen molar-refractivity contribution >= 4 is 40.1 Å². The number of nitrogens with one attached hydrogen (secondary N) is 1. The molecule has 0 saturated heterocycles. The lowest BCUT2D eigenvalue weighted by Crippen LogP contribution is -2.13. The van der Waals surface area contributed by atoms with Gasteiger partial charge in [0.1, 0.15) is 11.5 Å². The highest BCUT2D eigenvalue weighted by Gasteiger charge is 2.18. The number of rotatable bonds is 8. The minimum absolute atomic E-state index is 0.00438. The molecule has 0 aromatic heterocycles. The number of hydrogen-bond donors (Lipinski definition) is 3. The third-order valence-electron chi connectivity index (χ3n) is 3.97. The van der Waals surface area contributed by atoms with E-state index in [2.05, 4.69) is 5.32 Å². The number of carbonyl (C=O) groups is 2. The van der Waals surface area contributed by atoms with Crippen LogP contribution in [0.5, 0.6) is 11.5 Å². The number of fused-ring (bicyclic) bond motifs is 1. The molecule has 0 aliphatic heterocycles. The van der Waals surface area contributed by atoms with Gasteiger partial charge in [-0.15, -0.1) is 11.8 Å². The molecule has 0 bridgehead atoms. The molecule has 3 N–H and O–H groups in total. The molecule has 0 unspecified atom stereocenters. The van der Waals surface area contributed by atoms with Crippen LogP contribution < -0.4 is 10.1 Å². The molecule has 144 valence electrons. The first-order chi connectivity index (χ1) is 13.6. The zero-order chi connectivity index (χ0) is 19.9. The number of ether oxygens (including phenoxy) is 1. The average Bonchev–Trinajstić information content (AvgIpc) is 2.70. The van der Waals surface area contributed by atoms with E-state index in [0.29, 0.717) is 28.0 Å². The Kier molecular flexibility index (Phi) is 6.39. The van der Waals surface area contributed by atoms with Gasteiger partial charge in [0, 0.05) is 22.2 Å². The number of aromatic hydroxyl groups is 1. The summed E-state index contributed by atoms with van der Waals surface area (Å²) in [5, 5.41) is 23.2. The van der Waals surface area contributed by atoms with Gasteiger partial charge < -0.3 is 20.3 Å². The summed E-state index contributed by atoms with van der Waals surface area (Å²) >= 11 is 1.25. The highest BCUT2D eigenvalue weighted by atomic mass is 32.2. The third-order valence-corrected chi connectivity index (χ3v) is 4.87. The second-order valence-corrected chi connectivity index (χ2v) is 7.04. The molecular formula is C21H19NO5S. The molecule has 3 aromatic rings. The minimum atomic E-state index is -0.875. The molecule has 0 atom stereocenters. The Bertz CT molecular complexity index is 991. The van der Waals surface area contributed by atoms with Crippen LogP contribution in [-0.2, 0) is 4.79 Å². The van der Waals surface area contributed by atoms with Gasteiger partial charge in [-0.25, -0.2) is 0 Å². The number of carboxylic acids is 1. The number of phenols is 1. The molecule has 0 aliphatic rings. The fourth-order valence-corrected chi connectivity index (χ4v) is 3.23. The van der Waals surface area contributed by atoms with Crippen molar-refractivity contribution < 1.29 is 24.5 Å². The fraction of sp³-hybridized carbons (Fsp3) is 0.143. The van der Waals surface area contributed by atoms with Gasteiger partial charge in [-0.3, -0.25) is 9.59 Å². The molecule has 0 spiro atoms. The number of thioether (sulfide) groups is 1. The van der Waals surface area contributed by atoms with Crippen molar-refractivity contribution in [1.82, 2.24) is 0 Å². The van der Waals surface area contributed by atoms with E-state index < -0.39 is 11.9 Å². The van der Waals surface area contributed by atoms with Gasteiger partial charge in [-0.1, -0.05) is 42.5 Å². The molecule has 6 nitrogen and oxygen atoms in total. The summed E-state index contributed by atoms with van der Waals surface area (Å²) in [6.45, 7) is 0.284. The number of amides is 1. The number of anilines is 1. The van der Waals surface area contributed by atoms with E-state index >= 15 is 0 Å². The molecule has 0 aliphatic carbocycles. The molecule has 3 aromatic carbocycles. The third kappa shape index (κ3) is 4.75. The number of aliphatic carboxylic acids is 1. The molecule has 28 heavy (non-hydrogen) atoms. The van der Waals surface area contributed by atoms with E-state index in [1.807, 2.05) is 12.1 Å². The van der Waals surface area contributed by atoms with Crippen molar-refractivity contribution in [3.63, 3.8) is 0 Å². The van der Waals surface area contributed by atoms with Crippen LogP contribution in [0.1, 0.15) is 10.4 Å². The lowest BCUT2D eigenvalue weighted by atomic mass is 10.0. The van der Waals surface area contributed by atoms with Crippen LogP contribution in [0, 0.1) is 0 Å². The quantitative estimate of drug-likeness (QED) is 0.497. The van der Waals surface area contributed by atoms with Crippen molar-refractivity contribution in [1.29, 1.82) is 0 Å². The van der Waals surface area contributed by atoms with Crippen molar-refractivity contribution in [3.05, 3.63) is 66.2 Å². The van der Waals surface area contributed by atoms with Gasteiger partial charge >= 0.3 is 5.97 Å². The standard InChI is InChI=1S/C21H19NO5S/c23-19(24)13-28-11-10-27-18-12-17(20(25)16-9-5-4-8-15(16)18)21(26)22-14-6-2-1-3-7-14/h1-9,12,25H,10-11,13H2,(H,22,26)(H,23,24). The monoisotopic (exact) mass is 397 g/mol. The Labute approximate surface area is 166 Å². The normalized spacial score (nSPS) is 10.6. The lowest BCUT2D eigenvalue weighted by Gasteiger charge is -2.14. The first-order valence-electron chi connectivity index (χ1n) is 8.59. The maximum Gasteiger partial charge on any atom is 0.313 e. The summed E-state index contributed by atoms with van der Waals surface area (Å²) in [6.07, 6.45) is 0. The highest BCUT2D eigenvalue weighted by Crippen LogP contribution is 2.36.